The lowest BCUT2D eigenvalue weighted by Gasteiger charge is -2.28. The minimum Gasteiger partial charge on any atom is -0.508 e. The van der Waals surface area contributed by atoms with Crippen molar-refractivity contribution in [2.24, 2.45) is 11.7 Å². The lowest BCUT2D eigenvalue weighted by atomic mass is 9.97. The van der Waals surface area contributed by atoms with E-state index in [0.717, 1.165) is 0 Å². The summed E-state index contributed by atoms with van der Waals surface area (Å²) < 4.78 is 0. The van der Waals surface area contributed by atoms with Gasteiger partial charge in [0.1, 0.15) is 29.9 Å². The van der Waals surface area contributed by atoms with Crippen LogP contribution in [0, 0.1) is 5.92 Å². The molecule has 0 radical (unpaired) electrons. The van der Waals surface area contributed by atoms with Gasteiger partial charge in [0.15, 0.2) is 0 Å². The molecule has 0 spiro atoms. The lowest BCUT2D eigenvalue weighted by molar-refractivity contribution is -0.143. The van der Waals surface area contributed by atoms with Gasteiger partial charge in [0.2, 0.25) is 17.7 Å². The van der Waals surface area contributed by atoms with Crippen LogP contribution in [0.4, 0.5) is 0 Å². The summed E-state index contributed by atoms with van der Waals surface area (Å²) >= 11 is 0. The van der Waals surface area contributed by atoms with E-state index in [2.05, 4.69) is 16.0 Å². The number of amides is 3. The van der Waals surface area contributed by atoms with Gasteiger partial charge in [-0.15, -0.1) is 0 Å². The Morgan fingerprint density at radius 3 is 1.94 bits per heavy atom. The maximum Gasteiger partial charge on any atom is 0.326 e. The van der Waals surface area contributed by atoms with Crippen LogP contribution in [0.5, 0.6) is 5.75 Å². The number of carboxylic acids is 1. The molecule has 0 saturated carbocycles. The molecule has 0 heterocycles. The van der Waals surface area contributed by atoms with Crippen LogP contribution in [-0.4, -0.2) is 81.0 Å². The summed E-state index contributed by atoms with van der Waals surface area (Å²) in [6.07, 6.45) is -1.02. The van der Waals surface area contributed by atoms with Crippen molar-refractivity contribution in [3.05, 3.63) is 29.8 Å². The number of nitrogens with one attached hydrogen (secondary N) is 3. The molecule has 0 bridgehead atoms. The maximum atomic E-state index is 12.9. The summed E-state index contributed by atoms with van der Waals surface area (Å²) in [4.78, 5) is 49.4. The third-order valence-corrected chi connectivity index (χ3v) is 5.38. The summed E-state index contributed by atoms with van der Waals surface area (Å²) in [5, 5.41) is 45.1. The number of aliphatic hydroxyl groups excluding tert-OH is 2. The molecule has 0 aliphatic rings. The fourth-order valence-electron chi connectivity index (χ4n) is 3.02. The second-order valence-electron chi connectivity index (χ2n) is 8.16. The van der Waals surface area contributed by atoms with Gasteiger partial charge >= 0.3 is 5.97 Å². The fourth-order valence-corrected chi connectivity index (χ4v) is 3.02. The van der Waals surface area contributed by atoms with Crippen molar-refractivity contribution in [2.45, 2.75) is 63.9 Å². The van der Waals surface area contributed by atoms with Gasteiger partial charge in [-0.2, -0.15) is 0 Å². The van der Waals surface area contributed by atoms with Crippen molar-refractivity contribution in [3.63, 3.8) is 0 Å². The van der Waals surface area contributed by atoms with Crippen LogP contribution in [0.15, 0.2) is 24.3 Å². The zero-order chi connectivity index (χ0) is 26.0. The first-order valence-electron chi connectivity index (χ1n) is 10.9. The van der Waals surface area contributed by atoms with E-state index < -0.39 is 60.6 Å². The fraction of sp³-hybridized carbons (Fsp3) is 0.545. The van der Waals surface area contributed by atoms with Crippen molar-refractivity contribution in [1.29, 1.82) is 0 Å². The molecule has 1 aromatic rings. The molecule has 34 heavy (non-hydrogen) atoms. The van der Waals surface area contributed by atoms with E-state index in [9.17, 15) is 34.5 Å². The molecule has 190 valence electrons. The number of aromatic hydroxyl groups is 1. The van der Waals surface area contributed by atoms with Crippen molar-refractivity contribution in [3.8, 4) is 5.75 Å². The number of carboxylic acid groups (broad SMARTS) is 1. The van der Waals surface area contributed by atoms with Crippen LogP contribution < -0.4 is 21.7 Å². The number of rotatable bonds is 13. The first kappa shape index (κ1) is 28.8. The molecule has 0 fully saturated rings. The third kappa shape index (κ3) is 8.61. The molecule has 1 rings (SSSR count). The van der Waals surface area contributed by atoms with Gasteiger partial charge in [0.25, 0.3) is 0 Å². The second-order valence-corrected chi connectivity index (χ2v) is 8.16. The SMILES string of the molecule is CCC(C)C(NC(=O)C(N)CO)C(=O)NC(C(=O)NC(Cc1ccc(O)cc1)C(=O)O)C(C)O. The molecule has 6 atom stereocenters. The summed E-state index contributed by atoms with van der Waals surface area (Å²) in [7, 11) is 0. The summed E-state index contributed by atoms with van der Waals surface area (Å²) in [5.74, 6) is -4.19. The quantitative estimate of drug-likeness (QED) is 0.159. The molecule has 12 heteroatoms. The maximum absolute atomic E-state index is 12.9. The number of hydrogen-bond acceptors (Lipinski definition) is 8. The zero-order valence-corrected chi connectivity index (χ0v) is 19.4. The van der Waals surface area contributed by atoms with Crippen molar-refractivity contribution in [2.75, 3.05) is 6.61 Å². The minimum atomic E-state index is -1.51. The first-order chi connectivity index (χ1) is 15.9. The Hall–Kier alpha value is -3.22. The molecule has 12 nitrogen and oxygen atoms in total. The largest absolute Gasteiger partial charge is 0.508 e. The highest BCUT2D eigenvalue weighted by Crippen LogP contribution is 2.12. The van der Waals surface area contributed by atoms with E-state index in [1.165, 1.54) is 31.2 Å². The normalized spacial score (nSPS) is 16.3. The lowest BCUT2D eigenvalue weighted by Crippen LogP contribution is -2.61. The monoisotopic (exact) mass is 482 g/mol. The Morgan fingerprint density at radius 1 is 0.941 bits per heavy atom. The van der Waals surface area contributed by atoms with Gasteiger partial charge in [-0.25, -0.2) is 4.79 Å². The zero-order valence-electron chi connectivity index (χ0n) is 19.4. The van der Waals surface area contributed by atoms with Crippen LogP contribution >= 0.6 is 0 Å². The van der Waals surface area contributed by atoms with Crippen LogP contribution in [0.3, 0.4) is 0 Å². The number of phenolic OH excluding ortho intramolecular Hbond substituents is 1. The van der Waals surface area contributed by atoms with Crippen molar-refractivity contribution in [1.82, 2.24) is 16.0 Å². The van der Waals surface area contributed by atoms with E-state index in [4.69, 9.17) is 10.8 Å². The molecule has 9 N–H and O–H groups in total. The molecule has 6 unspecified atom stereocenters. The van der Waals surface area contributed by atoms with Gasteiger partial charge in [0, 0.05) is 6.42 Å². The molecule has 3 amide bonds. The Morgan fingerprint density at radius 2 is 1.47 bits per heavy atom. The van der Waals surface area contributed by atoms with Gasteiger partial charge in [0.05, 0.1) is 12.7 Å². The Kier molecular flexibility index (Phi) is 11.4. The van der Waals surface area contributed by atoms with E-state index in [1.54, 1.807) is 13.8 Å². The van der Waals surface area contributed by atoms with Crippen LogP contribution in [0.25, 0.3) is 0 Å². The van der Waals surface area contributed by atoms with E-state index in [-0.39, 0.29) is 18.1 Å². The van der Waals surface area contributed by atoms with E-state index in [1.807, 2.05) is 0 Å². The summed E-state index contributed by atoms with van der Waals surface area (Å²) in [5.41, 5.74) is 6.02. The smallest absolute Gasteiger partial charge is 0.326 e. The number of carbonyl (C=O) groups is 4. The molecule has 0 aliphatic carbocycles. The number of benzene rings is 1. The highest BCUT2D eigenvalue weighted by atomic mass is 16.4. The van der Waals surface area contributed by atoms with Gasteiger partial charge in [-0.05, 0) is 30.5 Å². The Bertz CT molecular complexity index is 846. The van der Waals surface area contributed by atoms with Gasteiger partial charge < -0.3 is 42.1 Å². The van der Waals surface area contributed by atoms with Crippen LogP contribution in [0.1, 0.15) is 32.8 Å². The van der Waals surface area contributed by atoms with E-state index >= 15 is 0 Å². The Balaban J connectivity index is 2.99. The standard InChI is InChI=1S/C22H34N4O8/c1-4-11(2)17(25-19(30)15(23)10-27)20(31)26-18(12(3)28)21(32)24-16(22(33)34)9-13-5-7-14(29)8-6-13/h5-8,11-12,15-18,27-29H,4,9-10,23H2,1-3H3,(H,24,32)(H,25,30)(H,26,31)(H,33,34). The third-order valence-electron chi connectivity index (χ3n) is 5.38. The topological polar surface area (TPSA) is 211 Å². The Labute approximate surface area is 197 Å². The number of nitrogens with two attached hydrogens (primary N) is 1. The molecular weight excluding hydrogens is 448 g/mol. The van der Waals surface area contributed by atoms with Crippen LogP contribution in [0.2, 0.25) is 0 Å². The highest BCUT2D eigenvalue weighted by Gasteiger charge is 2.34. The molecule has 1 aromatic carbocycles. The minimum absolute atomic E-state index is 0.000518. The number of carbonyl (C=O) groups excluding carboxylic acids is 3. The van der Waals surface area contributed by atoms with E-state index in [0.29, 0.717) is 12.0 Å². The summed E-state index contributed by atoms with van der Waals surface area (Å²) in [6.45, 7) is 4.09. The number of phenols is 1. The van der Waals surface area contributed by atoms with Gasteiger partial charge in [-0.3, -0.25) is 14.4 Å². The van der Waals surface area contributed by atoms with Crippen LogP contribution in [-0.2, 0) is 25.6 Å². The second kappa shape index (κ2) is 13.5. The predicted molar refractivity (Wildman–Crippen MR) is 121 cm³/mol. The molecule has 0 saturated heterocycles. The number of aliphatic carboxylic acids is 1. The van der Waals surface area contributed by atoms with Crippen molar-refractivity contribution >= 4 is 23.7 Å². The van der Waals surface area contributed by atoms with Gasteiger partial charge in [-0.1, -0.05) is 32.4 Å². The average Bonchev–Trinajstić information content (AvgIpc) is 2.79. The predicted octanol–water partition coefficient (Wildman–Crippen LogP) is -1.78. The van der Waals surface area contributed by atoms with Crippen molar-refractivity contribution < 1.29 is 39.6 Å². The molecule has 0 aromatic heterocycles. The molecule has 0 aliphatic heterocycles. The molecular formula is C22H34N4O8. The first-order valence-corrected chi connectivity index (χ1v) is 10.9. The number of aliphatic hydroxyl groups is 2. The summed E-state index contributed by atoms with van der Waals surface area (Å²) in [6, 6.07) is 0.515. The average molecular weight is 483 g/mol. The highest BCUT2D eigenvalue weighted by molar-refractivity contribution is 5.94. The number of hydrogen-bond donors (Lipinski definition) is 8.